The summed E-state index contributed by atoms with van der Waals surface area (Å²) in [6.45, 7) is 1.43. The quantitative estimate of drug-likeness (QED) is 0.627. The van der Waals surface area contributed by atoms with E-state index in [-0.39, 0.29) is 5.92 Å². The Hall–Kier alpha value is -0.610. The summed E-state index contributed by atoms with van der Waals surface area (Å²) in [5, 5.41) is 27.5. The molecule has 3 N–H and O–H groups in total. The Kier molecular flexibility index (Phi) is 3.50. The van der Waals surface area contributed by atoms with Gasteiger partial charge in [-0.15, -0.1) is 0 Å². The van der Waals surface area contributed by atoms with Crippen LogP contribution in [0.5, 0.6) is 0 Å². The molecule has 0 spiro atoms. The fourth-order valence-electron chi connectivity index (χ4n) is 2.11. The van der Waals surface area contributed by atoms with E-state index in [9.17, 15) is 9.90 Å². The van der Waals surface area contributed by atoms with Gasteiger partial charge in [-0.25, -0.2) is 4.79 Å². The summed E-state index contributed by atoms with van der Waals surface area (Å²) in [4.78, 5) is 10.8. The molecule has 4 nitrogen and oxygen atoms in total. The van der Waals surface area contributed by atoms with Crippen LogP contribution in [0.2, 0.25) is 0 Å². The van der Waals surface area contributed by atoms with Crippen LogP contribution in [0.1, 0.15) is 32.6 Å². The predicted molar refractivity (Wildman–Crippen MR) is 50.8 cm³/mol. The van der Waals surface area contributed by atoms with Crippen LogP contribution in [0.25, 0.3) is 0 Å². The van der Waals surface area contributed by atoms with Crippen LogP contribution >= 0.6 is 0 Å². The second kappa shape index (κ2) is 4.28. The molecule has 1 aliphatic rings. The van der Waals surface area contributed by atoms with E-state index in [1.807, 2.05) is 0 Å². The molecule has 1 rings (SSSR count). The lowest BCUT2D eigenvalue weighted by Crippen LogP contribution is -2.50. The van der Waals surface area contributed by atoms with Gasteiger partial charge in [0.2, 0.25) is 0 Å². The average molecular weight is 202 g/mol. The van der Waals surface area contributed by atoms with Crippen molar-refractivity contribution in [3.05, 3.63) is 0 Å². The van der Waals surface area contributed by atoms with Crippen molar-refractivity contribution in [3.8, 4) is 0 Å². The van der Waals surface area contributed by atoms with Gasteiger partial charge in [-0.1, -0.05) is 19.8 Å². The number of aliphatic carboxylic acids is 1. The largest absolute Gasteiger partial charge is 0.479 e. The first-order valence-electron chi connectivity index (χ1n) is 5.07. The third-order valence-corrected chi connectivity index (χ3v) is 3.30. The number of hydrogen-bond donors (Lipinski definition) is 3. The van der Waals surface area contributed by atoms with Gasteiger partial charge in [-0.3, -0.25) is 0 Å². The molecule has 1 aliphatic carbocycles. The summed E-state index contributed by atoms with van der Waals surface area (Å²) in [6.07, 6.45) is 3.23. The van der Waals surface area contributed by atoms with Crippen LogP contribution in [0, 0.1) is 11.8 Å². The Balaban J connectivity index is 2.66. The minimum absolute atomic E-state index is 0.304. The topological polar surface area (TPSA) is 77.8 Å². The monoisotopic (exact) mass is 202 g/mol. The van der Waals surface area contributed by atoms with Crippen molar-refractivity contribution in [2.45, 2.75) is 38.2 Å². The molecule has 1 unspecified atom stereocenters. The van der Waals surface area contributed by atoms with Gasteiger partial charge in [0.15, 0.2) is 5.60 Å². The maximum atomic E-state index is 10.8. The van der Waals surface area contributed by atoms with Gasteiger partial charge in [0, 0.05) is 5.92 Å². The molecule has 0 aromatic rings. The SMILES string of the molecule is CC1CCC(C(O)(CO)C(=O)O)CC1. The molecular weight excluding hydrogens is 184 g/mol. The minimum Gasteiger partial charge on any atom is -0.479 e. The lowest BCUT2D eigenvalue weighted by molar-refractivity contribution is -0.172. The zero-order chi connectivity index (χ0) is 10.8. The summed E-state index contributed by atoms with van der Waals surface area (Å²) < 4.78 is 0. The molecule has 82 valence electrons. The van der Waals surface area contributed by atoms with Gasteiger partial charge in [-0.2, -0.15) is 0 Å². The van der Waals surface area contributed by atoms with E-state index in [4.69, 9.17) is 10.2 Å². The molecular formula is C10H18O4. The normalized spacial score (nSPS) is 32.2. The third-order valence-electron chi connectivity index (χ3n) is 3.30. The van der Waals surface area contributed by atoms with Crippen LogP contribution in [0.15, 0.2) is 0 Å². The fraction of sp³-hybridized carbons (Fsp3) is 0.900. The van der Waals surface area contributed by atoms with Gasteiger partial charge < -0.3 is 15.3 Å². The number of aliphatic hydroxyl groups is 2. The number of rotatable bonds is 3. The number of carboxylic acids is 1. The van der Waals surface area contributed by atoms with Gasteiger partial charge in [0.25, 0.3) is 0 Å². The molecule has 0 heterocycles. The van der Waals surface area contributed by atoms with Crippen molar-refractivity contribution in [2.24, 2.45) is 11.8 Å². The summed E-state index contributed by atoms with van der Waals surface area (Å²) in [6, 6.07) is 0. The fourth-order valence-corrected chi connectivity index (χ4v) is 2.11. The number of carboxylic acid groups (broad SMARTS) is 1. The average Bonchev–Trinajstić information content (AvgIpc) is 2.17. The maximum Gasteiger partial charge on any atom is 0.338 e. The standard InChI is InChI=1S/C10H18O4/c1-7-2-4-8(5-3-7)10(14,6-11)9(12)13/h7-8,11,14H,2-6H2,1H3,(H,12,13). The number of aliphatic hydroxyl groups excluding tert-OH is 1. The van der Waals surface area contributed by atoms with Crippen LogP contribution in [-0.4, -0.2) is 33.5 Å². The maximum absolute atomic E-state index is 10.8. The molecule has 0 aromatic heterocycles. The molecule has 0 saturated heterocycles. The van der Waals surface area contributed by atoms with Crippen molar-refractivity contribution in [2.75, 3.05) is 6.61 Å². The van der Waals surface area contributed by atoms with E-state index < -0.39 is 18.2 Å². The molecule has 0 aliphatic heterocycles. The first-order valence-corrected chi connectivity index (χ1v) is 5.07. The zero-order valence-corrected chi connectivity index (χ0v) is 8.44. The Morgan fingerprint density at radius 3 is 2.21 bits per heavy atom. The summed E-state index contributed by atoms with van der Waals surface area (Å²) in [5.41, 5.74) is -1.93. The molecule has 1 saturated carbocycles. The molecule has 0 aromatic carbocycles. The highest BCUT2D eigenvalue weighted by molar-refractivity contribution is 5.77. The van der Waals surface area contributed by atoms with Crippen molar-refractivity contribution < 1.29 is 20.1 Å². The second-order valence-corrected chi connectivity index (χ2v) is 4.34. The second-order valence-electron chi connectivity index (χ2n) is 4.34. The van der Waals surface area contributed by atoms with Crippen molar-refractivity contribution in [1.82, 2.24) is 0 Å². The number of carbonyl (C=O) groups is 1. The van der Waals surface area contributed by atoms with Crippen LogP contribution in [0.3, 0.4) is 0 Å². The molecule has 0 bridgehead atoms. The van der Waals surface area contributed by atoms with E-state index in [2.05, 4.69) is 6.92 Å². The van der Waals surface area contributed by atoms with E-state index in [1.54, 1.807) is 0 Å². The van der Waals surface area contributed by atoms with Gasteiger partial charge in [0.05, 0.1) is 6.61 Å². The van der Waals surface area contributed by atoms with Gasteiger partial charge in [0.1, 0.15) is 0 Å². The Morgan fingerprint density at radius 1 is 1.36 bits per heavy atom. The lowest BCUT2D eigenvalue weighted by atomic mass is 9.74. The van der Waals surface area contributed by atoms with E-state index in [0.717, 1.165) is 12.8 Å². The summed E-state index contributed by atoms with van der Waals surface area (Å²) in [7, 11) is 0. The third kappa shape index (κ3) is 2.07. The molecule has 1 fully saturated rings. The highest BCUT2D eigenvalue weighted by Gasteiger charge is 2.44. The molecule has 4 heteroatoms. The first-order chi connectivity index (χ1) is 6.50. The lowest BCUT2D eigenvalue weighted by Gasteiger charge is -2.35. The van der Waals surface area contributed by atoms with Crippen molar-refractivity contribution in [3.63, 3.8) is 0 Å². The smallest absolute Gasteiger partial charge is 0.338 e. The Labute approximate surface area is 83.6 Å². The Bertz CT molecular complexity index is 208. The molecule has 1 atom stereocenters. The Morgan fingerprint density at radius 2 is 1.86 bits per heavy atom. The minimum atomic E-state index is -1.93. The van der Waals surface area contributed by atoms with Crippen molar-refractivity contribution in [1.29, 1.82) is 0 Å². The van der Waals surface area contributed by atoms with Gasteiger partial charge >= 0.3 is 5.97 Å². The van der Waals surface area contributed by atoms with Gasteiger partial charge in [-0.05, 0) is 18.8 Å². The summed E-state index contributed by atoms with van der Waals surface area (Å²) >= 11 is 0. The van der Waals surface area contributed by atoms with Crippen LogP contribution < -0.4 is 0 Å². The predicted octanol–water partition coefficient (Wildman–Crippen LogP) is 0.621. The molecule has 0 radical (unpaired) electrons. The van der Waals surface area contributed by atoms with Crippen LogP contribution in [-0.2, 0) is 4.79 Å². The first kappa shape index (κ1) is 11.5. The van der Waals surface area contributed by atoms with E-state index in [0.29, 0.717) is 18.8 Å². The highest BCUT2D eigenvalue weighted by Crippen LogP contribution is 2.35. The highest BCUT2D eigenvalue weighted by atomic mass is 16.4. The number of hydrogen-bond acceptors (Lipinski definition) is 3. The van der Waals surface area contributed by atoms with Crippen molar-refractivity contribution >= 4 is 5.97 Å². The summed E-state index contributed by atoms with van der Waals surface area (Å²) in [5.74, 6) is -1.01. The van der Waals surface area contributed by atoms with E-state index in [1.165, 1.54) is 0 Å². The zero-order valence-electron chi connectivity index (χ0n) is 8.44. The molecule has 0 amide bonds. The molecule has 14 heavy (non-hydrogen) atoms. The van der Waals surface area contributed by atoms with E-state index >= 15 is 0 Å². The van der Waals surface area contributed by atoms with Crippen LogP contribution in [0.4, 0.5) is 0 Å².